The largest absolute Gasteiger partial charge is 0.385 e. The first-order chi connectivity index (χ1) is 8.25. The number of Topliss-reactive ketones (excluding diaryl/α,β-unsaturated/α-hetero) is 1. The summed E-state index contributed by atoms with van der Waals surface area (Å²) in [5.74, 6) is -0.170. The molecule has 0 bridgehead atoms. The number of carbonyl (C=O) groups excluding carboxylic acids is 1. The maximum Gasteiger partial charge on any atom is 0.167 e. The highest BCUT2D eigenvalue weighted by Crippen LogP contribution is 2.21. The van der Waals surface area contributed by atoms with Crippen LogP contribution >= 0.6 is 0 Å². The van der Waals surface area contributed by atoms with Crippen LogP contribution in [0.2, 0.25) is 0 Å². The van der Waals surface area contributed by atoms with Crippen LogP contribution < -0.4 is 0 Å². The van der Waals surface area contributed by atoms with Gasteiger partial charge in [0.1, 0.15) is 6.10 Å². The molecule has 0 radical (unpaired) electrons. The summed E-state index contributed by atoms with van der Waals surface area (Å²) in [6, 6.07) is 2.18. The number of aliphatic hydroxyl groups is 1. The molecule has 0 aliphatic rings. The average Bonchev–Trinajstić information content (AvgIpc) is 2.74. The summed E-state index contributed by atoms with van der Waals surface area (Å²) < 4.78 is 1.87. The molecule has 18 heavy (non-hydrogen) atoms. The zero-order valence-electron chi connectivity index (χ0n) is 12.0. The van der Waals surface area contributed by atoms with Crippen molar-refractivity contribution in [3.63, 3.8) is 0 Å². The molecule has 0 saturated carbocycles. The summed E-state index contributed by atoms with van der Waals surface area (Å²) in [7, 11) is 0. The van der Waals surface area contributed by atoms with Crippen LogP contribution in [0.1, 0.15) is 52.8 Å². The van der Waals surface area contributed by atoms with Gasteiger partial charge in [-0.05, 0) is 24.8 Å². The predicted molar refractivity (Wildman–Crippen MR) is 71.4 cm³/mol. The van der Waals surface area contributed by atoms with E-state index in [0.29, 0.717) is 6.04 Å². The Balaban J connectivity index is 2.68. The van der Waals surface area contributed by atoms with Crippen LogP contribution in [0.15, 0.2) is 12.3 Å². The van der Waals surface area contributed by atoms with Crippen molar-refractivity contribution in [2.75, 3.05) is 0 Å². The molecule has 0 fully saturated rings. The van der Waals surface area contributed by atoms with Gasteiger partial charge in [-0.3, -0.25) is 9.48 Å². The predicted octanol–water partition coefficient (Wildman–Crippen LogP) is 2.37. The molecule has 0 aromatic carbocycles. The first kappa shape index (κ1) is 14.9. The molecule has 4 nitrogen and oxygen atoms in total. The Labute approximate surface area is 109 Å². The summed E-state index contributed by atoms with van der Waals surface area (Å²) >= 11 is 0. The fourth-order valence-electron chi connectivity index (χ4n) is 1.66. The second-order valence-electron chi connectivity index (χ2n) is 5.96. The van der Waals surface area contributed by atoms with Crippen molar-refractivity contribution in [3.05, 3.63) is 18.0 Å². The number of aliphatic hydroxyl groups excluding tert-OH is 1. The number of hydrogen-bond acceptors (Lipinski definition) is 3. The van der Waals surface area contributed by atoms with Gasteiger partial charge in [0.25, 0.3) is 0 Å². The Bertz CT molecular complexity index is 404. The molecule has 1 heterocycles. The maximum atomic E-state index is 11.9. The van der Waals surface area contributed by atoms with E-state index in [-0.39, 0.29) is 12.2 Å². The smallest absolute Gasteiger partial charge is 0.167 e. The van der Waals surface area contributed by atoms with Crippen LogP contribution in [0.4, 0.5) is 0 Å². The first-order valence-corrected chi connectivity index (χ1v) is 6.50. The van der Waals surface area contributed by atoms with Crippen molar-refractivity contribution in [1.29, 1.82) is 0 Å². The second-order valence-corrected chi connectivity index (χ2v) is 5.96. The summed E-state index contributed by atoms with van der Waals surface area (Å²) in [4.78, 5) is 11.9. The lowest BCUT2D eigenvalue weighted by Gasteiger charge is -2.24. The van der Waals surface area contributed by atoms with Gasteiger partial charge in [-0.2, -0.15) is 5.10 Å². The van der Waals surface area contributed by atoms with E-state index in [1.165, 1.54) is 0 Å². The van der Waals surface area contributed by atoms with Gasteiger partial charge in [0, 0.05) is 12.2 Å². The third kappa shape index (κ3) is 3.67. The van der Waals surface area contributed by atoms with E-state index in [0.717, 1.165) is 12.1 Å². The van der Waals surface area contributed by atoms with Gasteiger partial charge in [-0.1, -0.05) is 27.7 Å². The lowest BCUT2D eigenvalue weighted by molar-refractivity contribution is -0.131. The quantitative estimate of drug-likeness (QED) is 0.875. The zero-order chi connectivity index (χ0) is 13.9. The number of rotatable bonds is 5. The van der Waals surface area contributed by atoms with Crippen LogP contribution in [-0.4, -0.2) is 26.8 Å². The summed E-state index contributed by atoms with van der Waals surface area (Å²) in [6.45, 7) is 9.75. The second kappa shape index (κ2) is 5.65. The first-order valence-electron chi connectivity index (χ1n) is 6.50. The molecule has 1 aromatic rings. The number of carbonyl (C=O) groups is 1. The van der Waals surface area contributed by atoms with Gasteiger partial charge in [-0.15, -0.1) is 0 Å². The molecule has 0 spiro atoms. The van der Waals surface area contributed by atoms with E-state index in [4.69, 9.17) is 0 Å². The number of hydrogen-bond donors (Lipinski definition) is 1. The fraction of sp³-hybridized carbons (Fsp3) is 0.714. The molecule has 102 valence electrons. The lowest BCUT2D eigenvalue weighted by Crippen LogP contribution is -2.35. The fourth-order valence-corrected chi connectivity index (χ4v) is 1.66. The Kier molecular flexibility index (Phi) is 4.68. The molecule has 0 aliphatic carbocycles. The summed E-state index contributed by atoms with van der Waals surface area (Å²) in [5.41, 5.74) is 0.305. The molecule has 2 atom stereocenters. The van der Waals surface area contributed by atoms with Gasteiger partial charge in [-0.25, -0.2) is 0 Å². The van der Waals surface area contributed by atoms with E-state index < -0.39 is 11.5 Å². The van der Waals surface area contributed by atoms with Crippen molar-refractivity contribution >= 4 is 5.78 Å². The molecule has 0 amide bonds. The standard InChI is InChI=1S/C14H24N2O2/c1-6-10(2)16-8-7-11(15-16)9-12(17)13(18)14(3,4)5/h7-8,10,13,18H,6,9H2,1-5H3. The van der Waals surface area contributed by atoms with Crippen molar-refractivity contribution in [3.8, 4) is 0 Å². The molecule has 1 rings (SSSR count). The van der Waals surface area contributed by atoms with Crippen LogP contribution in [-0.2, 0) is 11.2 Å². The normalized spacial score (nSPS) is 15.4. The number of aromatic nitrogens is 2. The zero-order valence-corrected chi connectivity index (χ0v) is 12.0. The van der Waals surface area contributed by atoms with E-state index in [1.807, 2.05) is 37.7 Å². The molecule has 0 saturated heterocycles. The van der Waals surface area contributed by atoms with Gasteiger partial charge in [0.05, 0.1) is 12.1 Å². The summed E-state index contributed by atoms with van der Waals surface area (Å²) in [6.07, 6.45) is 2.15. The average molecular weight is 252 g/mol. The molecule has 1 aromatic heterocycles. The van der Waals surface area contributed by atoms with Crippen molar-refractivity contribution in [2.24, 2.45) is 5.41 Å². The third-order valence-corrected chi connectivity index (χ3v) is 3.19. The van der Waals surface area contributed by atoms with Gasteiger partial charge in [0.15, 0.2) is 5.78 Å². The molecule has 2 unspecified atom stereocenters. The van der Waals surface area contributed by atoms with Crippen molar-refractivity contribution < 1.29 is 9.90 Å². The Morgan fingerprint density at radius 2 is 2.11 bits per heavy atom. The monoisotopic (exact) mass is 252 g/mol. The molecular formula is C14H24N2O2. The highest BCUT2D eigenvalue weighted by atomic mass is 16.3. The van der Waals surface area contributed by atoms with Crippen LogP contribution in [0, 0.1) is 5.41 Å². The molecule has 0 aliphatic heterocycles. The van der Waals surface area contributed by atoms with Crippen LogP contribution in [0.25, 0.3) is 0 Å². The highest BCUT2D eigenvalue weighted by molar-refractivity contribution is 5.85. The SMILES string of the molecule is CCC(C)n1ccc(CC(=O)C(O)C(C)(C)C)n1. The van der Waals surface area contributed by atoms with Crippen molar-refractivity contribution in [2.45, 2.75) is 59.6 Å². The van der Waals surface area contributed by atoms with Gasteiger partial charge in [0.2, 0.25) is 0 Å². The Morgan fingerprint density at radius 3 is 2.61 bits per heavy atom. The van der Waals surface area contributed by atoms with Crippen LogP contribution in [0.3, 0.4) is 0 Å². The summed E-state index contributed by atoms with van der Waals surface area (Å²) in [5, 5.41) is 14.3. The van der Waals surface area contributed by atoms with Crippen LogP contribution in [0.5, 0.6) is 0 Å². The Morgan fingerprint density at radius 1 is 1.50 bits per heavy atom. The maximum absolute atomic E-state index is 11.9. The lowest BCUT2D eigenvalue weighted by atomic mass is 9.85. The molecular weight excluding hydrogens is 228 g/mol. The van der Waals surface area contributed by atoms with E-state index in [9.17, 15) is 9.90 Å². The minimum atomic E-state index is -0.939. The minimum Gasteiger partial charge on any atom is -0.385 e. The van der Waals surface area contributed by atoms with E-state index >= 15 is 0 Å². The molecule has 1 N–H and O–H groups in total. The topological polar surface area (TPSA) is 55.1 Å². The van der Waals surface area contributed by atoms with Gasteiger partial charge >= 0.3 is 0 Å². The Hall–Kier alpha value is -1.16. The highest BCUT2D eigenvalue weighted by Gasteiger charge is 2.29. The molecule has 4 heteroatoms. The minimum absolute atomic E-state index is 0.170. The van der Waals surface area contributed by atoms with E-state index in [1.54, 1.807) is 0 Å². The number of nitrogens with zero attached hydrogens (tertiary/aromatic N) is 2. The van der Waals surface area contributed by atoms with E-state index in [2.05, 4.69) is 18.9 Å². The number of ketones is 1. The van der Waals surface area contributed by atoms with Crippen molar-refractivity contribution in [1.82, 2.24) is 9.78 Å². The third-order valence-electron chi connectivity index (χ3n) is 3.19. The van der Waals surface area contributed by atoms with Gasteiger partial charge < -0.3 is 5.11 Å².